The Morgan fingerprint density at radius 2 is 2.33 bits per heavy atom. The van der Waals surface area contributed by atoms with Crippen LogP contribution in [0.4, 0.5) is 15.8 Å². The van der Waals surface area contributed by atoms with Gasteiger partial charge in [0.05, 0.1) is 11.4 Å². The van der Waals surface area contributed by atoms with E-state index in [1.165, 1.54) is 12.8 Å². The average Bonchev–Trinajstić information content (AvgIpc) is 2.68. The van der Waals surface area contributed by atoms with E-state index in [0.717, 1.165) is 30.0 Å². The average molecular weight is 206 g/mol. The predicted molar refractivity (Wildman–Crippen MR) is 60.0 cm³/mol. The molecule has 3 heteroatoms. The van der Waals surface area contributed by atoms with Crippen LogP contribution in [0.25, 0.3) is 0 Å². The molecular weight excluding hydrogens is 191 g/mol. The topological polar surface area (TPSA) is 15.3 Å². The Morgan fingerprint density at radius 1 is 1.47 bits per heavy atom. The molecule has 2 nitrogen and oxygen atoms in total. The molecule has 3 rings (SSSR count). The SMILES string of the molecule is Cc1cc2c(cc1F)N1CCC[C@H]1CN2. The Kier molecular flexibility index (Phi) is 1.87. The number of nitrogens with one attached hydrogen (secondary N) is 1. The van der Waals surface area contributed by atoms with Gasteiger partial charge in [-0.15, -0.1) is 0 Å². The van der Waals surface area contributed by atoms with Gasteiger partial charge < -0.3 is 10.2 Å². The van der Waals surface area contributed by atoms with Crippen LogP contribution < -0.4 is 10.2 Å². The molecule has 0 bridgehead atoms. The first kappa shape index (κ1) is 9.01. The van der Waals surface area contributed by atoms with E-state index in [2.05, 4.69) is 10.2 Å². The van der Waals surface area contributed by atoms with E-state index >= 15 is 0 Å². The number of aryl methyl sites for hydroxylation is 1. The van der Waals surface area contributed by atoms with Crippen molar-refractivity contribution in [1.29, 1.82) is 0 Å². The first-order valence-electron chi connectivity index (χ1n) is 5.56. The summed E-state index contributed by atoms with van der Waals surface area (Å²) in [6.07, 6.45) is 2.45. The summed E-state index contributed by atoms with van der Waals surface area (Å²) in [4.78, 5) is 2.34. The second-order valence-electron chi connectivity index (χ2n) is 4.49. The smallest absolute Gasteiger partial charge is 0.128 e. The molecule has 0 saturated carbocycles. The molecule has 1 atom stereocenters. The van der Waals surface area contributed by atoms with Crippen LogP contribution >= 0.6 is 0 Å². The number of hydrogen-bond donors (Lipinski definition) is 1. The molecule has 2 aliphatic heterocycles. The summed E-state index contributed by atoms with van der Waals surface area (Å²) < 4.78 is 13.5. The van der Waals surface area contributed by atoms with Crippen LogP contribution in [-0.2, 0) is 0 Å². The molecule has 1 saturated heterocycles. The van der Waals surface area contributed by atoms with Crippen LogP contribution in [0.2, 0.25) is 0 Å². The molecule has 0 radical (unpaired) electrons. The van der Waals surface area contributed by atoms with Gasteiger partial charge in [0.1, 0.15) is 5.82 Å². The molecule has 0 aliphatic carbocycles. The minimum Gasteiger partial charge on any atom is -0.381 e. The molecule has 2 heterocycles. The maximum absolute atomic E-state index is 13.5. The van der Waals surface area contributed by atoms with E-state index < -0.39 is 0 Å². The summed E-state index contributed by atoms with van der Waals surface area (Å²) in [7, 11) is 0. The van der Waals surface area contributed by atoms with Crippen molar-refractivity contribution in [3.05, 3.63) is 23.5 Å². The molecule has 0 amide bonds. The minimum absolute atomic E-state index is 0.0944. The highest BCUT2D eigenvalue weighted by molar-refractivity contribution is 5.74. The number of hydrogen-bond acceptors (Lipinski definition) is 2. The lowest BCUT2D eigenvalue weighted by atomic mass is 10.1. The molecule has 1 fully saturated rings. The van der Waals surface area contributed by atoms with E-state index in [9.17, 15) is 4.39 Å². The second kappa shape index (κ2) is 3.12. The fraction of sp³-hybridized carbons (Fsp3) is 0.500. The number of anilines is 2. The Labute approximate surface area is 89.1 Å². The molecule has 0 unspecified atom stereocenters. The predicted octanol–water partition coefficient (Wildman–Crippen LogP) is 2.53. The van der Waals surface area contributed by atoms with Gasteiger partial charge >= 0.3 is 0 Å². The summed E-state index contributed by atoms with van der Waals surface area (Å²) in [6.45, 7) is 3.88. The molecule has 2 aliphatic rings. The van der Waals surface area contributed by atoms with Crippen LogP contribution in [-0.4, -0.2) is 19.1 Å². The number of nitrogens with zero attached hydrogens (tertiary/aromatic N) is 1. The van der Waals surface area contributed by atoms with Crippen molar-refractivity contribution >= 4 is 11.4 Å². The molecule has 1 aromatic rings. The second-order valence-corrected chi connectivity index (χ2v) is 4.49. The van der Waals surface area contributed by atoms with Crippen molar-refractivity contribution in [1.82, 2.24) is 0 Å². The Hall–Kier alpha value is -1.25. The lowest BCUT2D eigenvalue weighted by Crippen LogP contribution is -2.39. The van der Waals surface area contributed by atoms with Gasteiger partial charge in [0.2, 0.25) is 0 Å². The molecule has 0 aromatic heterocycles. The maximum atomic E-state index is 13.5. The van der Waals surface area contributed by atoms with Gasteiger partial charge in [0, 0.05) is 19.1 Å². The van der Waals surface area contributed by atoms with Crippen LogP contribution in [0.3, 0.4) is 0 Å². The monoisotopic (exact) mass is 206 g/mol. The Bertz CT molecular complexity index is 403. The van der Waals surface area contributed by atoms with E-state index in [4.69, 9.17) is 0 Å². The van der Waals surface area contributed by atoms with Gasteiger partial charge in [-0.05, 0) is 37.5 Å². The van der Waals surface area contributed by atoms with E-state index in [1.807, 2.05) is 13.0 Å². The summed E-state index contributed by atoms with van der Waals surface area (Å²) in [6, 6.07) is 4.16. The van der Waals surface area contributed by atoms with E-state index in [1.54, 1.807) is 6.07 Å². The molecule has 0 spiro atoms. The van der Waals surface area contributed by atoms with Crippen molar-refractivity contribution < 1.29 is 4.39 Å². The van der Waals surface area contributed by atoms with Crippen molar-refractivity contribution in [3.63, 3.8) is 0 Å². The van der Waals surface area contributed by atoms with Crippen LogP contribution in [0.5, 0.6) is 0 Å². The normalized spacial score (nSPS) is 23.3. The number of fused-ring (bicyclic) bond motifs is 3. The molecule has 80 valence electrons. The zero-order chi connectivity index (χ0) is 10.4. The van der Waals surface area contributed by atoms with Crippen molar-refractivity contribution in [2.24, 2.45) is 0 Å². The lowest BCUT2D eigenvalue weighted by molar-refractivity contribution is 0.613. The summed E-state index contributed by atoms with van der Waals surface area (Å²) in [5.74, 6) is -0.0944. The standard InChI is InChI=1S/C12H15FN2/c1-8-5-11-12(6-10(8)13)15-4-2-3-9(15)7-14-11/h5-6,9,14H,2-4,7H2,1H3/t9-/m0/s1. The third kappa shape index (κ3) is 1.29. The van der Waals surface area contributed by atoms with E-state index in [-0.39, 0.29) is 5.82 Å². The van der Waals surface area contributed by atoms with E-state index in [0.29, 0.717) is 6.04 Å². The highest BCUT2D eigenvalue weighted by Gasteiger charge is 2.30. The van der Waals surface area contributed by atoms with Crippen LogP contribution in [0, 0.1) is 12.7 Å². The number of halogens is 1. The fourth-order valence-electron chi connectivity index (χ4n) is 2.64. The molecule has 15 heavy (non-hydrogen) atoms. The molecular formula is C12H15FN2. The zero-order valence-electron chi connectivity index (χ0n) is 8.89. The lowest BCUT2D eigenvalue weighted by Gasteiger charge is -2.34. The highest BCUT2D eigenvalue weighted by Crippen LogP contribution is 2.37. The van der Waals surface area contributed by atoms with Crippen LogP contribution in [0.15, 0.2) is 12.1 Å². The summed E-state index contributed by atoms with van der Waals surface area (Å²) in [5.41, 5.74) is 2.86. The third-order valence-electron chi connectivity index (χ3n) is 3.49. The minimum atomic E-state index is -0.0944. The third-order valence-corrected chi connectivity index (χ3v) is 3.49. The number of rotatable bonds is 0. The van der Waals surface area contributed by atoms with Gasteiger partial charge in [-0.1, -0.05) is 0 Å². The largest absolute Gasteiger partial charge is 0.381 e. The summed E-state index contributed by atoms with van der Waals surface area (Å²) >= 11 is 0. The van der Waals surface area contributed by atoms with Crippen molar-refractivity contribution in [2.75, 3.05) is 23.3 Å². The Balaban J connectivity index is 2.09. The molecule has 1 N–H and O–H groups in total. The molecule has 1 aromatic carbocycles. The summed E-state index contributed by atoms with van der Waals surface area (Å²) in [5, 5.41) is 3.39. The zero-order valence-corrected chi connectivity index (χ0v) is 8.89. The highest BCUT2D eigenvalue weighted by atomic mass is 19.1. The first-order valence-corrected chi connectivity index (χ1v) is 5.56. The van der Waals surface area contributed by atoms with Crippen LogP contribution in [0.1, 0.15) is 18.4 Å². The van der Waals surface area contributed by atoms with Crippen molar-refractivity contribution in [3.8, 4) is 0 Å². The van der Waals surface area contributed by atoms with Gasteiger partial charge in [0.25, 0.3) is 0 Å². The van der Waals surface area contributed by atoms with Crippen molar-refractivity contribution in [2.45, 2.75) is 25.8 Å². The number of benzene rings is 1. The maximum Gasteiger partial charge on any atom is 0.128 e. The van der Waals surface area contributed by atoms with Gasteiger partial charge in [0.15, 0.2) is 0 Å². The fourth-order valence-corrected chi connectivity index (χ4v) is 2.64. The Morgan fingerprint density at radius 3 is 3.20 bits per heavy atom. The van der Waals surface area contributed by atoms with Gasteiger partial charge in [-0.25, -0.2) is 4.39 Å². The van der Waals surface area contributed by atoms with Gasteiger partial charge in [-0.2, -0.15) is 0 Å². The quantitative estimate of drug-likeness (QED) is 0.701. The first-order chi connectivity index (χ1) is 7.25. The van der Waals surface area contributed by atoms with Gasteiger partial charge in [-0.3, -0.25) is 0 Å².